The van der Waals surface area contributed by atoms with Gasteiger partial charge in [-0.1, -0.05) is 49.7 Å². The molecule has 1 unspecified atom stereocenters. The van der Waals surface area contributed by atoms with Crippen molar-refractivity contribution < 1.29 is 0 Å². The summed E-state index contributed by atoms with van der Waals surface area (Å²) in [7, 11) is 0. The van der Waals surface area contributed by atoms with Gasteiger partial charge in [0.1, 0.15) is 0 Å². The second-order valence-electron chi connectivity index (χ2n) is 4.49. The monoisotopic (exact) mass is 399 g/mol. The Morgan fingerprint density at radius 3 is 2.26 bits per heavy atom. The third kappa shape index (κ3) is 4.63. The quantitative estimate of drug-likeness (QED) is 0.757. The van der Waals surface area contributed by atoms with Crippen LogP contribution in [-0.2, 0) is 6.42 Å². The van der Waals surface area contributed by atoms with Crippen molar-refractivity contribution in [3.05, 3.63) is 57.0 Å². The summed E-state index contributed by atoms with van der Waals surface area (Å²) in [5.41, 5.74) is 7.10. The van der Waals surface area contributed by atoms with Gasteiger partial charge in [-0.2, -0.15) is 0 Å². The van der Waals surface area contributed by atoms with Crippen molar-refractivity contribution in [1.82, 2.24) is 0 Å². The fraction of sp³-hybridized carbons (Fsp3) is 0.200. The number of hydrogen-bond acceptors (Lipinski definition) is 2. The molecule has 2 N–H and O–H groups in total. The summed E-state index contributed by atoms with van der Waals surface area (Å²) in [6.07, 6.45) is 0.893. The molecule has 0 radical (unpaired) electrons. The Morgan fingerprint density at radius 1 is 1.05 bits per heavy atom. The number of benzene rings is 2. The first kappa shape index (κ1) is 15.1. The van der Waals surface area contributed by atoms with Gasteiger partial charge in [0.05, 0.1) is 0 Å². The third-order valence-corrected chi connectivity index (χ3v) is 4.88. The SMILES string of the molecule is CC(N)Cc1ccc(Sc2ccc(Br)cc2)cc1Br. The van der Waals surface area contributed by atoms with E-state index in [2.05, 4.69) is 74.3 Å². The molecular formula is C15H15Br2NS. The van der Waals surface area contributed by atoms with Crippen LogP contribution in [0.2, 0.25) is 0 Å². The Balaban J connectivity index is 2.13. The third-order valence-electron chi connectivity index (χ3n) is 2.62. The molecule has 0 aliphatic rings. The summed E-state index contributed by atoms with van der Waals surface area (Å²) < 4.78 is 2.23. The maximum atomic E-state index is 5.84. The summed E-state index contributed by atoms with van der Waals surface area (Å²) in [6, 6.07) is 15.0. The van der Waals surface area contributed by atoms with Crippen LogP contribution >= 0.6 is 43.6 Å². The van der Waals surface area contributed by atoms with E-state index in [1.54, 1.807) is 11.8 Å². The number of nitrogens with two attached hydrogens (primary N) is 1. The summed E-state index contributed by atoms with van der Waals surface area (Å²) in [4.78, 5) is 2.46. The highest BCUT2D eigenvalue weighted by molar-refractivity contribution is 9.10. The average Bonchev–Trinajstić information content (AvgIpc) is 2.35. The first-order valence-electron chi connectivity index (χ1n) is 6.02. The number of hydrogen-bond donors (Lipinski definition) is 1. The maximum absolute atomic E-state index is 5.84. The molecule has 2 aromatic carbocycles. The van der Waals surface area contributed by atoms with Crippen molar-refractivity contribution in [1.29, 1.82) is 0 Å². The van der Waals surface area contributed by atoms with Crippen LogP contribution in [0.5, 0.6) is 0 Å². The fourth-order valence-corrected chi connectivity index (χ4v) is 3.56. The lowest BCUT2D eigenvalue weighted by Gasteiger charge is -2.09. The van der Waals surface area contributed by atoms with Crippen molar-refractivity contribution in [3.8, 4) is 0 Å². The molecular weight excluding hydrogens is 386 g/mol. The highest BCUT2D eigenvalue weighted by Gasteiger charge is 2.05. The van der Waals surface area contributed by atoms with E-state index < -0.39 is 0 Å². The predicted octanol–water partition coefficient (Wildman–Crippen LogP) is 5.25. The van der Waals surface area contributed by atoms with Gasteiger partial charge >= 0.3 is 0 Å². The van der Waals surface area contributed by atoms with Gasteiger partial charge in [-0.15, -0.1) is 0 Å². The van der Waals surface area contributed by atoms with Crippen LogP contribution in [0.15, 0.2) is 61.2 Å². The van der Waals surface area contributed by atoms with E-state index in [1.165, 1.54) is 15.4 Å². The fourth-order valence-electron chi connectivity index (χ4n) is 1.74. The lowest BCUT2D eigenvalue weighted by atomic mass is 10.1. The highest BCUT2D eigenvalue weighted by atomic mass is 79.9. The molecule has 19 heavy (non-hydrogen) atoms. The van der Waals surface area contributed by atoms with Crippen molar-refractivity contribution in [2.75, 3.05) is 0 Å². The molecule has 1 nitrogen and oxygen atoms in total. The normalized spacial score (nSPS) is 12.4. The lowest BCUT2D eigenvalue weighted by Crippen LogP contribution is -2.17. The van der Waals surface area contributed by atoms with Crippen LogP contribution in [-0.4, -0.2) is 6.04 Å². The molecule has 0 heterocycles. The second kappa shape index (κ2) is 6.93. The van der Waals surface area contributed by atoms with Gasteiger partial charge in [0, 0.05) is 24.8 Å². The Hall–Kier alpha value is -0.290. The maximum Gasteiger partial charge on any atom is 0.0219 e. The first-order chi connectivity index (χ1) is 9.04. The Bertz CT molecular complexity index is 553. The average molecular weight is 401 g/mol. The van der Waals surface area contributed by atoms with Crippen LogP contribution in [0.25, 0.3) is 0 Å². The Kier molecular flexibility index (Phi) is 5.51. The van der Waals surface area contributed by atoms with Crippen molar-refractivity contribution in [3.63, 3.8) is 0 Å². The molecule has 0 saturated carbocycles. The molecule has 0 spiro atoms. The number of halogens is 2. The van der Waals surface area contributed by atoms with E-state index in [0.29, 0.717) is 0 Å². The second-order valence-corrected chi connectivity index (χ2v) is 7.41. The van der Waals surface area contributed by atoms with Gasteiger partial charge in [0.15, 0.2) is 0 Å². The van der Waals surface area contributed by atoms with Gasteiger partial charge < -0.3 is 5.73 Å². The molecule has 2 aromatic rings. The van der Waals surface area contributed by atoms with Crippen LogP contribution in [0.3, 0.4) is 0 Å². The zero-order chi connectivity index (χ0) is 13.8. The predicted molar refractivity (Wildman–Crippen MR) is 89.8 cm³/mol. The van der Waals surface area contributed by atoms with Crippen molar-refractivity contribution in [2.24, 2.45) is 5.73 Å². The zero-order valence-electron chi connectivity index (χ0n) is 10.6. The lowest BCUT2D eigenvalue weighted by molar-refractivity contribution is 0.735. The summed E-state index contributed by atoms with van der Waals surface area (Å²) >= 11 is 8.83. The van der Waals surface area contributed by atoms with Crippen LogP contribution in [0.4, 0.5) is 0 Å². The molecule has 0 aromatic heterocycles. The van der Waals surface area contributed by atoms with Crippen LogP contribution in [0.1, 0.15) is 12.5 Å². The van der Waals surface area contributed by atoms with E-state index in [4.69, 9.17) is 5.73 Å². The number of rotatable bonds is 4. The Morgan fingerprint density at radius 2 is 1.68 bits per heavy atom. The minimum atomic E-state index is 0.182. The van der Waals surface area contributed by atoms with Crippen molar-refractivity contribution in [2.45, 2.75) is 29.2 Å². The van der Waals surface area contributed by atoms with E-state index in [-0.39, 0.29) is 6.04 Å². The molecule has 0 fully saturated rings. The molecule has 0 amide bonds. The van der Waals surface area contributed by atoms with E-state index in [9.17, 15) is 0 Å². The molecule has 0 saturated heterocycles. The largest absolute Gasteiger partial charge is 0.328 e. The molecule has 1 atom stereocenters. The van der Waals surface area contributed by atoms with Crippen molar-refractivity contribution >= 4 is 43.6 Å². The van der Waals surface area contributed by atoms with Crippen LogP contribution in [0, 0.1) is 0 Å². The van der Waals surface area contributed by atoms with Crippen LogP contribution < -0.4 is 5.73 Å². The zero-order valence-corrected chi connectivity index (χ0v) is 14.6. The minimum absolute atomic E-state index is 0.182. The Labute approximate surface area is 135 Å². The standard InChI is InChI=1S/C15H15Br2NS/c1-10(18)8-11-2-5-14(9-15(11)17)19-13-6-3-12(16)4-7-13/h2-7,9-10H,8,18H2,1H3. The molecule has 0 bridgehead atoms. The van der Waals surface area contributed by atoms with Gasteiger partial charge in [-0.25, -0.2) is 0 Å². The molecule has 4 heteroatoms. The minimum Gasteiger partial charge on any atom is -0.328 e. The van der Waals surface area contributed by atoms with E-state index in [0.717, 1.165) is 15.4 Å². The van der Waals surface area contributed by atoms with Gasteiger partial charge in [0.2, 0.25) is 0 Å². The highest BCUT2D eigenvalue weighted by Crippen LogP contribution is 2.32. The van der Waals surface area contributed by atoms with Gasteiger partial charge in [-0.3, -0.25) is 0 Å². The molecule has 100 valence electrons. The summed E-state index contributed by atoms with van der Waals surface area (Å²) in [5.74, 6) is 0. The first-order valence-corrected chi connectivity index (χ1v) is 8.42. The molecule has 2 rings (SSSR count). The van der Waals surface area contributed by atoms with Gasteiger partial charge in [-0.05, 0) is 55.3 Å². The topological polar surface area (TPSA) is 26.0 Å². The summed E-state index contributed by atoms with van der Waals surface area (Å²) in [5, 5.41) is 0. The smallest absolute Gasteiger partial charge is 0.0219 e. The summed E-state index contributed by atoms with van der Waals surface area (Å²) in [6.45, 7) is 2.02. The van der Waals surface area contributed by atoms with Gasteiger partial charge in [0.25, 0.3) is 0 Å². The molecule has 0 aliphatic heterocycles. The van der Waals surface area contributed by atoms with E-state index in [1.807, 2.05) is 6.92 Å². The van der Waals surface area contributed by atoms with E-state index >= 15 is 0 Å². The molecule has 0 aliphatic carbocycles.